The van der Waals surface area contributed by atoms with E-state index in [4.69, 9.17) is 15.2 Å². The molecule has 0 radical (unpaired) electrons. The molecule has 0 aliphatic heterocycles. The molecule has 0 bridgehead atoms. The van der Waals surface area contributed by atoms with Gasteiger partial charge < -0.3 is 15.2 Å². The van der Waals surface area contributed by atoms with Crippen molar-refractivity contribution in [2.45, 2.75) is 35.9 Å². The number of hydrogen-bond donors (Lipinski definition) is 1. The zero-order valence-corrected chi connectivity index (χ0v) is 15.9. The summed E-state index contributed by atoms with van der Waals surface area (Å²) in [5.74, 6) is -1.01. The van der Waals surface area contributed by atoms with Gasteiger partial charge in [0.15, 0.2) is 6.10 Å². The molecule has 2 aromatic rings. The summed E-state index contributed by atoms with van der Waals surface area (Å²) in [6.07, 6.45) is -5.35. The van der Waals surface area contributed by atoms with Crippen LogP contribution in [0.25, 0.3) is 0 Å². The van der Waals surface area contributed by atoms with Crippen LogP contribution in [0.5, 0.6) is 5.75 Å². The fourth-order valence-electron chi connectivity index (χ4n) is 2.21. The zero-order valence-electron chi connectivity index (χ0n) is 15.1. The Hall–Kier alpha value is -2.68. The minimum atomic E-state index is -4.57. The quantitative estimate of drug-likeness (QED) is 0.686. The van der Waals surface area contributed by atoms with Crippen LogP contribution in [-0.2, 0) is 15.7 Å². The van der Waals surface area contributed by atoms with Gasteiger partial charge in [0, 0.05) is 9.79 Å². The van der Waals surface area contributed by atoms with Gasteiger partial charge in [-0.3, -0.25) is 4.79 Å². The van der Waals surface area contributed by atoms with Gasteiger partial charge in [0.1, 0.15) is 5.75 Å². The van der Waals surface area contributed by atoms with Crippen molar-refractivity contribution >= 4 is 23.6 Å². The number of carbonyl (C=O) groups is 2. The summed E-state index contributed by atoms with van der Waals surface area (Å²) in [5, 5.41) is 0. The summed E-state index contributed by atoms with van der Waals surface area (Å²) in [6, 6.07) is 9.36. The lowest BCUT2D eigenvalue weighted by molar-refractivity contribution is -0.150. The van der Waals surface area contributed by atoms with E-state index in [9.17, 15) is 22.8 Å². The number of alkyl halides is 3. The summed E-state index contributed by atoms with van der Waals surface area (Å²) < 4.78 is 48.8. The van der Waals surface area contributed by atoms with Gasteiger partial charge in [-0.1, -0.05) is 11.8 Å². The van der Waals surface area contributed by atoms with Crippen molar-refractivity contribution in [3.05, 3.63) is 53.6 Å². The van der Waals surface area contributed by atoms with Crippen LogP contribution in [0.2, 0.25) is 0 Å². The van der Waals surface area contributed by atoms with Gasteiger partial charge in [-0.25, -0.2) is 4.79 Å². The number of amides is 1. The fourth-order valence-corrected chi connectivity index (χ4v) is 3.14. The van der Waals surface area contributed by atoms with Crippen LogP contribution in [0.3, 0.4) is 0 Å². The smallest absolute Gasteiger partial charge is 0.416 e. The summed E-state index contributed by atoms with van der Waals surface area (Å²) in [7, 11) is 0. The standard InChI is InChI=1S/C19H18F3NO4S/c1-3-26-18(25)11(2)27-13-5-7-14(8-6-13)28-16-9-4-12(19(20,21)22)10-15(16)17(23)24/h4-11H,3H2,1-2H3,(H2,23,24). The van der Waals surface area contributed by atoms with Crippen molar-refractivity contribution < 1.29 is 32.2 Å². The van der Waals surface area contributed by atoms with E-state index in [0.717, 1.165) is 23.9 Å². The SMILES string of the molecule is CCOC(=O)C(C)Oc1ccc(Sc2ccc(C(F)(F)F)cc2C(N)=O)cc1. The normalized spacial score (nSPS) is 12.3. The van der Waals surface area contributed by atoms with Gasteiger partial charge >= 0.3 is 12.1 Å². The molecule has 0 saturated heterocycles. The third kappa shape index (κ3) is 5.66. The van der Waals surface area contributed by atoms with E-state index >= 15 is 0 Å². The average Bonchev–Trinajstić information content (AvgIpc) is 2.62. The molecule has 0 spiro atoms. The Labute approximate surface area is 164 Å². The van der Waals surface area contributed by atoms with Crippen LogP contribution in [0, 0.1) is 0 Å². The van der Waals surface area contributed by atoms with Crippen molar-refractivity contribution in [3.63, 3.8) is 0 Å². The maximum absolute atomic E-state index is 12.8. The molecule has 2 rings (SSSR count). The van der Waals surface area contributed by atoms with E-state index in [2.05, 4.69) is 0 Å². The molecule has 5 nitrogen and oxygen atoms in total. The number of benzene rings is 2. The molecule has 0 heterocycles. The van der Waals surface area contributed by atoms with Crippen molar-refractivity contribution in [1.82, 2.24) is 0 Å². The first-order valence-corrected chi connectivity index (χ1v) is 9.05. The minimum Gasteiger partial charge on any atom is -0.479 e. The first kappa shape index (κ1) is 21.6. The number of ether oxygens (including phenoxy) is 2. The molecule has 1 amide bonds. The largest absolute Gasteiger partial charge is 0.479 e. The highest BCUT2D eigenvalue weighted by molar-refractivity contribution is 7.99. The van der Waals surface area contributed by atoms with E-state index in [1.165, 1.54) is 6.07 Å². The van der Waals surface area contributed by atoms with Crippen LogP contribution >= 0.6 is 11.8 Å². The molecule has 9 heteroatoms. The number of rotatable bonds is 7. The predicted octanol–water partition coefficient (Wildman–Crippen LogP) is 4.29. The van der Waals surface area contributed by atoms with Crippen LogP contribution in [0.4, 0.5) is 13.2 Å². The summed E-state index contributed by atoms with van der Waals surface area (Å²) in [4.78, 5) is 24.1. The molecule has 2 N–H and O–H groups in total. The maximum atomic E-state index is 12.8. The number of nitrogens with two attached hydrogens (primary N) is 1. The molecule has 2 aromatic carbocycles. The molecule has 150 valence electrons. The molecule has 0 aliphatic carbocycles. The number of primary amides is 1. The van der Waals surface area contributed by atoms with Crippen molar-refractivity contribution in [2.75, 3.05) is 6.61 Å². The van der Waals surface area contributed by atoms with Crippen LogP contribution in [0.15, 0.2) is 52.3 Å². The Bertz CT molecular complexity index is 853. The lowest BCUT2D eigenvalue weighted by atomic mass is 10.1. The van der Waals surface area contributed by atoms with Crippen molar-refractivity contribution in [2.24, 2.45) is 5.73 Å². The summed E-state index contributed by atoms with van der Waals surface area (Å²) in [6.45, 7) is 3.50. The summed E-state index contributed by atoms with van der Waals surface area (Å²) in [5.41, 5.74) is 4.07. The van der Waals surface area contributed by atoms with E-state index in [1.807, 2.05) is 0 Å². The van der Waals surface area contributed by atoms with Gasteiger partial charge in [-0.05, 0) is 56.3 Å². The third-order valence-corrected chi connectivity index (χ3v) is 4.64. The number of carbonyl (C=O) groups excluding carboxylic acids is 2. The topological polar surface area (TPSA) is 78.6 Å². The molecule has 0 fully saturated rings. The van der Waals surface area contributed by atoms with Gasteiger partial charge in [-0.15, -0.1) is 0 Å². The molecule has 0 aromatic heterocycles. The van der Waals surface area contributed by atoms with Crippen molar-refractivity contribution in [3.8, 4) is 5.75 Å². The Morgan fingerprint density at radius 3 is 2.32 bits per heavy atom. The monoisotopic (exact) mass is 413 g/mol. The molecule has 0 saturated carbocycles. The highest BCUT2D eigenvalue weighted by Crippen LogP contribution is 2.36. The predicted molar refractivity (Wildman–Crippen MR) is 97.2 cm³/mol. The third-order valence-electron chi connectivity index (χ3n) is 3.56. The Morgan fingerprint density at radius 2 is 1.79 bits per heavy atom. The lowest BCUT2D eigenvalue weighted by Crippen LogP contribution is -2.25. The molecule has 28 heavy (non-hydrogen) atoms. The Balaban J connectivity index is 2.16. The van der Waals surface area contributed by atoms with Gasteiger partial charge in [0.05, 0.1) is 17.7 Å². The minimum absolute atomic E-state index is 0.212. The highest BCUT2D eigenvalue weighted by Gasteiger charge is 2.31. The van der Waals surface area contributed by atoms with E-state index in [-0.39, 0.29) is 12.2 Å². The van der Waals surface area contributed by atoms with Gasteiger partial charge in [0.2, 0.25) is 5.91 Å². The number of halogens is 3. The average molecular weight is 413 g/mol. The molecular formula is C19H18F3NO4S. The second kappa shape index (κ2) is 9.01. The fraction of sp³-hybridized carbons (Fsp3) is 0.263. The zero-order chi connectivity index (χ0) is 20.9. The second-order valence-corrected chi connectivity index (χ2v) is 6.77. The molecular weight excluding hydrogens is 395 g/mol. The Kier molecular flexibility index (Phi) is 6.95. The second-order valence-electron chi connectivity index (χ2n) is 5.66. The molecule has 1 atom stereocenters. The van der Waals surface area contributed by atoms with Crippen molar-refractivity contribution in [1.29, 1.82) is 0 Å². The van der Waals surface area contributed by atoms with E-state index < -0.39 is 29.7 Å². The Morgan fingerprint density at radius 1 is 1.14 bits per heavy atom. The van der Waals surface area contributed by atoms with E-state index in [1.54, 1.807) is 38.1 Å². The van der Waals surface area contributed by atoms with Gasteiger partial charge in [-0.2, -0.15) is 13.2 Å². The lowest BCUT2D eigenvalue weighted by Gasteiger charge is -2.14. The van der Waals surface area contributed by atoms with Crippen LogP contribution < -0.4 is 10.5 Å². The first-order chi connectivity index (χ1) is 13.1. The van der Waals surface area contributed by atoms with Crippen LogP contribution in [-0.4, -0.2) is 24.6 Å². The maximum Gasteiger partial charge on any atom is 0.416 e. The molecule has 0 aliphatic rings. The number of esters is 1. The van der Waals surface area contributed by atoms with Crippen LogP contribution in [0.1, 0.15) is 29.8 Å². The van der Waals surface area contributed by atoms with E-state index in [0.29, 0.717) is 15.5 Å². The number of hydrogen-bond acceptors (Lipinski definition) is 5. The summed E-state index contributed by atoms with van der Waals surface area (Å²) >= 11 is 1.09. The van der Waals surface area contributed by atoms with Gasteiger partial charge in [0.25, 0.3) is 0 Å². The first-order valence-electron chi connectivity index (χ1n) is 8.24. The highest BCUT2D eigenvalue weighted by atomic mass is 32.2. The molecule has 1 unspecified atom stereocenters.